The normalized spacial score (nSPS) is 14.7. The fourth-order valence-electron chi connectivity index (χ4n) is 3.68. The van der Waals surface area contributed by atoms with Crippen molar-refractivity contribution in [1.29, 1.82) is 0 Å². The van der Waals surface area contributed by atoms with E-state index in [1.165, 1.54) is 6.33 Å². The van der Waals surface area contributed by atoms with Gasteiger partial charge in [0.15, 0.2) is 22.9 Å². The number of hydrogen-bond donors (Lipinski definition) is 3. The Morgan fingerprint density at radius 2 is 2.18 bits per heavy atom. The van der Waals surface area contributed by atoms with Crippen molar-refractivity contribution < 1.29 is 9.21 Å². The molecule has 0 aliphatic heterocycles. The van der Waals surface area contributed by atoms with Gasteiger partial charge in [-0.05, 0) is 25.0 Å². The summed E-state index contributed by atoms with van der Waals surface area (Å²) >= 11 is 0. The van der Waals surface area contributed by atoms with Gasteiger partial charge in [-0.3, -0.25) is 9.89 Å². The Bertz CT molecular complexity index is 1140. The molecular formula is C18H18N8O2. The Labute approximate surface area is 159 Å². The molecule has 0 bridgehead atoms. The van der Waals surface area contributed by atoms with Crippen LogP contribution in [0.3, 0.4) is 0 Å². The number of H-pyrrole nitrogens is 1. The molecule has 142 valence electrons. The largest absolute Gasteiger partial charge is 0.463 e. The highest BCUT2D eigenvalue weighted by Crippen LogP contribution is 2.33. The maximum atomic E-state index is 12.9. The van der Waals surface area contributed by atoms with E-state index in [1.807, 2.05) is 4.68 Å². The number of nitrogens with one attached hydrogen (secondary N) is 2. The first-order valence-electron chi connectivity index (χ1n) is 9.10. The maximum absolute atomic E-state index is 12.9. The van der Waals surface area contributed by atoms with E-state index in [1.54, 1.807) is 24.5 Å². The van der Waals surface area contributed by atoms with Gasteiger partial charge in [-0.2, -0.15) is 10.2 Å². The average molecular weight is 378 g/mol. The molecule has 0 spiro atoms. The molecule has 4 heterocycles. The summed E-state index contributed by atoms with van der Waals surface area (Å²) in [5, 5.41) is 14.7. The van der Waals surface area contributed by atoms with E-state index < -0.39 is 5.91 Å². The van der Waals surface area contributed by atoms with Crippen LogP contribution in [0.2, 0.25) is 0 Å². The molecule has 4 N–H and O–H groups in total. The van der Waals surface area contributed by atoms with Crippen LogP contribution in [0.15, 0.2) is 35.2 Å². The first-order chi connectivity index (χ1) is 13.7. The molecule has 4 aromatic rings. The molecule has 1 saturated carbocycles. The lowest BCUT2D eigenvalue weighted by molar-refractivity contribution is 0.102. The Kier molecular flexibility index (Phi) is 3.81. The molecular weight excluding hydrogens is 360 g/mol. The maximum Gasteiger partial charge on any atom is 0.278 e. The monoisotopic (exact) mass is 378 g/mol. The topological polar surface area (TPSA) is 141 Å². The van der Waals surface area contributed by atoms with Gasteiger partial charge in [-0.25, -0.2) is 14.6 Å². The summed E-state index contributed by atoms with van der Waals surface area (Å²) in [6.45, 7) is 0. The Balaban J connectivity index is 1.49. The van der Waals surface area contributed by atoms with Crippen LogP contribution in [0.4, 0.5) is 11.6 Å². The number of carbonyl (C=O) groups excluding carboxylic acids is 1. The number of amides is 1. The molecule has 0 atom stereocenters. The Morgan fingerprint density at radius 1 is 1.32 bits per heavy atom. The molecule has 10 nitrogen and oxygen atoms in total. The number of nitrogens with zero attached hydrogens (tertiary/aromatic N) is 5. The lowest BCUT2D eigenvalue weighted by Gasteiger charge is -2.09. The van der Waals surface area contributed by atoms with Crippen molar-refractivity contribution in [2.24, 2.45) is 0 Å². The number of carbonyl (C=O) groups is 1. The predicted molar refractivity (Wildman–Crippen MR) is 101 cm³/mol. The van der Waals surface area contributed by atoms with Gasteiger partial charge in [0.25, 0.3) is 5.91 Å². The van der Waals surface area contributed by atoms with Crippen molar-refractivity contribution in [2.45, 2.75) is 31.7 Å². The lowest BCUT2D eigenvalue weighted by Crippen LogP contribution is -2.15. The summed E-state index contributed by atoms with van der Waals surface area (Å²) in [5.41, 5.74) is 7.49. The van der Waals surface area contributed by atoms with Gasteiger partial charge in [-0.1, -0.05) is 12.8 Å². The van der Waals surface area contributed by atoms with E-state index in [0.29, 0.717) is 28.3 Å². The van der Waals surface area contributed by atoms with Crippen LogP contribution < -0.4 is 11.1 Å². The van der Waals surface area contributed by atoms with E-state index >= 15 is 0 Å². The summed E-state index contributed by atoms with van der Waals surface area (Å²) < 4.78 is 7.14. The van der Waals surface area contributed by atoms with Crippen molar-refractivity contribution in [1.82, 2.24) is 29.9 Å². The Morgan fingerprint density at radius 3 is 2.96 bits per heavy atom. The van der Waals surface area contributed by atoms with Crippen LogP contribution in [0, 0.1) is 0 Å². The molecule has 1 aliphatic carbocycles. The second-order valence-corrected chi connectivity index (χ2v) is 6.79. The number of hydrogen-bond acceptors (Lipinski definition) is 7. The first kappa shape index (κ1) is 16.5. The van der Waals surface area contributed by atoms with Gasteiger partial charge in [0.2, 0.25) is 0 Å². The van der Waals surface area contributed by atoms with E-state index in [9.17, 15) is 4.79 Å². The summed E-state index contributed by atoms with van der Waals surface area (Å²) in [4.78, 5) is 21.3. The summed E-state index contributed by atoms with van der Waals surface area (Å²) in [7, 11) is 0. The van der Waals surface area contributed by atoms with Gasteiger partial charge >= 0.3 is 0 Å². The zero-order valence-corrected chi connectivity index (χ0v) is 14.9. The van der Waals surface area contributed by atoms with Gasteiger partial charge in [-0.15, -0.1) is 0 Å². The fourth-order valence-corrected chi connectivity index (χ4v) is 3.68. The van der Waals surface area contributed by atoms with Crippen molar-refractivity contribution in [3.63, 3.8) is 0 Å². The zero-order chi connectivity index (χ0) is 19.1. The van der Waals surface area contributed by atoms with Crippen molar-refractivity contribution in [3.05, 3.63) is 36.5 Å². The number of furan rings is 1. The number of nitrogens with two attached hydrogens (primary N) is 1. The van der Waals surface area contributed by atoms with Crippen LogP contribution in [-0.2, 0) is 0 Å². The van der Waals surface area contributed by atoms with Crippen LogP contribution in [0.1, 0.15) is 42.2 Å². The summed E-state index contributed by atoms with van der Waals surface area (Å²) in [5.74, 6) is 0.801. The highest BCUT2D eigenvalue weighted by Gasteiger charge is 2.27. The van der Waals surface area contributed by atoms with Crippen molar-refractivity contribution in [2.75, 3.05) is 11.1 Å². The van der Waals surface area contributed by atoms with Crippen LogP contribution in [0.25, 0.3) is 22.5 Å². The third-order valence-electron chi connectivity index (χ3n) is 5.01. The smallest absolute Gasteiger partial charge is 0.278 e. The van der Waals surface area contributed by atoms with Crippen LogP contribution >= 0.6 is 0 Å². The molecule has 10 heteroatoms. The highest BCUT2D eigenvalue weighted by molar-refractivity contribution is 6.12. The zero-order valence-electron chi connectivity index (χ0n) is 14.9. The number of fused-ring (bicyclic) bond motifs is 1. The quantitative estimate of drug-likeness (QED) is 0.496. The standard InChI is InChI=1S/C18H18N8O2/c19-16-14-15(25-26(10-4-1-2-5-10)17(14)21-9-20-16)18(27)22-13-8-11(23-24-13)12-6-3-7-28-12/h3,6-10H,1-2,4-5H2,(H2,19,20,21)(H2,22,23,24,27). The first-order valence-corrected chi connectivity index (χ1v) is 9.10. The number of nitrogen functional groups attached to an aromatic ring is 1. The third kappa shape index (κ3) is 2.70. The molecule has 0 saturated heterocycles. The molecule has 28 heavy (non-hydrogen) atoms. The average Bonchev–Trinajstić information content (AvgIpc) is 3.45. The summed E-state index contributed by atoms with van der Waals surface area (Å²) in [6.07, 6.45) is 7.25. The molecule has 1 amide bonds. The third-order valence-corrected chi connectivity index (χ3v) is 5.01. The predicted octanol–water partition coefficient (Wildman–Crippen LogP) is 2.76. The number of aromatic nitrogens is 6. The second kappa shape index (κ2) is 6.48. The molecule has 4 aromatic heterocycles. The molecule has 1 fully saturated rings. The number of rotatable bonds is 4. The minimum Gasteiger partial charge on any atom is -0.463 e. The molecule has 0 aromatic carbocycles. The molecule has 1 aliphatic rings. The van der Waals surface area contributed by atoms with E-state index in [4.69, 9.17) is 10.2 Å². The van der Waals surface area contributed by atoms with E-state index in [0.717, 1.165) is 25.7 Å². The van der Waals surface area contributed by atoms with Crippen molar-refractivity contribution in [3.8, 4) is 11.5 Å². The fraction of sp³-hybridized carbons (Fsp3) is 0.278. The number of aromatic amines is 1. The molecule has 0 unspecified atom stereocenters. The van der Waals surface area contributed by atoms with Gasteiger partial charge in [0, 0.05) is 6.07 Å². The van der Waals surface area contributed by atoms with Gasteiger partial charge < -0.3 is 15.5 Å². The number of anilines is 2. The van der Waals surface area contributed by atoms with Crippen LogP contribution in [0.5, 0.6) is 0 Å². The minimum atomic E-state index is -0.416. The van der Waals surface area contributed by atoms with Crippen LogP contribution in [-0.4, -0.2) is 35.9 Å². The van der Waals surface area contributed by atoms with Crippen molar-refractivity contribution >= 4 is 28.6 Å². The second-order valence-electron chi connectivity index (χ2n) is 6.79. The van der Waals surface area contributed by atoms with E-state index in [2.05, 4.69) is 30.6 Å². The Hall–Kier alpha value is -3.69. The highest BCUT2D eigenvalue weighted by atomic mass is 16.3. The minimum absolute atomic E-state index is 0.197. The summed E-state index contributed by atoms with van der Waals surface area (Å²) in [6, 6.07) is 5.48. The molecule has 0 radical (unpaired) electrons. The van der Waals surface area contributed by atoms with E-state index in [-0.39, 0.29) is 17.6 Å². The SMILES string of the molecule is Nc1ncnc2c1c(C(=O)Nc1cc(-c3ccco3)[nH]n1)nn2C1CCCC1. The van der Waals surface area contributed by atoms with Gasteiger partial charge in [0.1, 0.15) is 17.8 Å². The lowest BCUT2D eigenvalue weighted by atomic mass is 10.2. The van der Waals surface area contributed by atoms with Gasteiger partial charge in [0.05, 0.1) is 17.7 Å². The molecule has 5 rings (SSSR count).